The van der Waals surface area contributed by atoms with Crippen molar-refractivity contribution in [3.8, 4) is 5.75 Å². The lowest BCUT2D eigenvalue weighted by molar-refractivity contribution is -0.142. The molecule has 0 saturated carbocycles. The molecule has 1 aliphatic heterocycles. The smallest absolute Gasteiger partial charge is 0.321 e. The quantitative estimate of drug-likeness (QED) is 0.598. The molecule has 108 valence electrons. The summed E-state index contributed by atoms with van der Waals surface area (Å²) in [5.74, 6) is -1.66. The highest BCUT2D eigenvalue weighted by atomic mass is 16.4. The van der Waals surface area contributed by atoms with Gasteiger partial charge in [0.1, 0.15) is 11.8 Å². The van der Waals surface area contributed by atoms with Crippen molar-refractivity contribution in [3.05, 3.63) is 29.8 Å². The highest BCUT2D eigenvalue weighted by Crippen LogP contribution is 2.20. The summed E-state index contributed by atoms with van der Waals surface area (Å²) in [5.41, 5.74) is 6.73. The standard InChI is InChI=1S/C14H18N2O4/c15-11(7-8-1-3-9(17)4-2-8)13(18)10-5-6-16-12(10)14(19)20/h1-4,10-12,16-17H,5-7,15H2,(H,19,20)/t10?,11-,12-/m0/s1. The van der Waals surface area contributed by atoms with Crippen LogP contribution in [0.15, 0.2) is 24.3 Å². The van der Waals surface area contributed by atoms with Gasteiger partial charge >= 0.3 is 5.97 Å². The molecule has 6 nitrogen and oxygen atoms in total. The second-order valence-electron chi connectivity index (χ2n) is 5.04. The van der Waals surface area contributed by atoms with Crippen LogP contribution in [0.4, 0.5) is 0 Å². The van der Waals surface area contributed by atoms with Gasteiger partial charge in [-0.05, 0) is 37.1 Å². The maximum atomic E-state index is 12.3. The molecule has 0 aliphatic carbocycles. The van der Waals surface area contributed by atoms with Gasteiger partial charge in [0.15, 0.2) is 5.78 Å². The lowest BCUT2D eigenvalue weighted by Gasteiger charge is -2.18. The number of carboxylic acids is 1. The van der Waals surface area contributed by atoms with Crippen LogP contribution < -0.4 is 11.1 Å². The normalized spacial score (nSPS) is 23.4. The molecule has 1 aromatic carbocycles. The Morgan fingerprint density at radius 1 is 1.35 bits per heavy atom. The van der Waals surface area contributed by atoms with Crippen molar-refractivity contribution < 1.29 is 19.8 Å². The molecule has 1 unspecified atom stereocenters. The molecule has 5 N–H and O–H groups in total. The zero-order valence-electron chi connectivity index (χ0n) is 11.0. The van der Waals surface area contributed by atoms with Gasteiger partial charge in [-0.1, -0.05) is 12.1 Å². The Morgan fingerprint density at radius 2 is 2.00 bits per heavy atom. The third kappa shape index (κ3) is 3.15. The first kappa shape index (κ1) is 14.5. The number of benzene rings is 1. The Kier molecular flexibility index (Phi) is 4.36. The lowest BCUT2D eigenvalue weighted by atomic mass is 9.89. The van der Waals surface area contributed by atoms with Crippen molar-refractivity contribution >= 4 is 11.8 Å². The molecule has 0 spiro atoms. The van der Waals surface area contributed by atoms with Crippen LogP contribution in [0.1, 0.15) is 12.0 Å². The molecule has 1 heterocycles. The number of nitrogens with one attached hydrogen (secondary N) is 1. The predicted octanol–water partition coefficient (Wildman–Crippen LogP) is -0.106. The Morgan fingerprint density at radius 3 is 2.60 bits per heavy atom. The molecule has 6 heteroatoms. The largest absolute Gasteiger partial charge is 0.508 e. The van der Waals surface area contributed by atoms with Gasteiger partial charge in [-0.15, -0.1) is 0 Å². The van der Waals surface area contributed by atoms with E-state index in [1.165, 1.54) is 12.1 Å². The number of rotatable bonds is 5. The molecule has 0 amide bonds. The number of carbonyl (C=O) groups excluding carboxylic acids is 1. The maximum absolute atomic E-state index is 12.3. The van der Waals surface area contributed by atoms with Crippen molar-refractivity contribution in [2.75, 3.05) is 6.54 Å². The van der Waals surface area contributed by atoms with Crippen molar-refractivity contribution in [1.29, 1.82) is 0 Å². The van der Waals surface area contributed by atoms with E-state index in [4.69, 9.17) is 10.8 Å². The van der Waals surface area contributed by atoms with Gasteiger partial charge in [0.2, 0.25) is 0 Å². The number of carboxylic acid groups (broad SMARTS) is 1. The third-order valence-electron chi connectivity index (χ3n) is 3.61. The summed E-state index contributed by atoms with van der Waals surface area (Å²) in [5, 5.41) is 21.1. The molecule has 1 saturated heterocycles. The fraction of sp³-hybridized carbons (Fsp3) is 0.429. The Labute approximate surface area is 116 Å². The number of phenols is 1. The van der Waals surface area contributed by atoms with Gasteiger partial charge in [0, 0.05) is 5.92 Å². The molecule has 1 fully saturated rings. The van der Waals surface area contributed by atoms with Crippen molar-refractivity contribution in [3.63, 3.8) is 0 Å². The lowest BCUT2D eigenvalue weighted by Crippen LogP contribution is -2.45. The van der Waals surface area contributed by atoms with E-state index in [2.05, 4.69) is 5.32 Å². The maximum Gasteiger partial charge on any atom is 0.321 e. The number of aromatic hydroxyl groups is 1. The first-order chi connectivity index (χ1) is 9.49. The molecular formula is C14H18N2O4. The van der Waals surface area contributed by atoms with E-state index in [0.717, 1.165) is 5.56 Å². The first-order valence-corrected chi connectivity index (χ1v) is 6.52. The van der Waals surface area contributed by atoms with Gasteiger partial charge < -0.3 is 21.3 Å². The van der Waals surface area contributed by atoms with Crippen LogP contribution in [0.3, 0.4) is 0 Å². The van der Waals surface area contributed by atoms with E-state index < -0.39 is 24.0 Å². The number of aliphatic carboxylic acids is 1. The van der Waals surface area contributed by atoms with Gasteiger partial charge in [-0.25, -0.2) is 0 Å². The average Bonchev–Trinajstić information content (AvgIpc) is 2.90. The summed E-state index contributed by atoms with van der Waals surface area (Å²) in [6.07, 6.45) is 0.834. The van der Waals surface area contributed by atoms with Crippen molar-refractivity contribution in [1.82, 2.24) is 5.32 Å². The monoisotopic (exact) mass is 278 g/mol. The minimum atomic E-state index is -1.02. The highest BCUT2D eigenvalue weighted by Gasteiger charge is 2.39. The summed E-state index contributed by atoms with van der Waals surface area (Å²) in [6, 6.07) is 4.89. The number of hydrogen-bond acceptors (Lipinski definition) is 5. The fourth-order valence-corrected chi connectivity index (χ4v) is 2.53. The summed E-state index contributed by atoms with van der Waals surface area (Å²) < 4.78 is 0. The average molecular weight is 278 g/mol. The number of ketones is 1. The minimum absolute atomic E-state index is 0.152. The number of Topliss-reactive ketones (excluding diaryl/α,β-unsaturated/α-hetero) is 1. The van der Waals surface area contributed by atoms with Crippen LogP contribution in [0.5, 0.6) is 5.75 Å². The molecule has 1 aliphatic rings. The van der Waals surface area contributed by atoms with Crippen LogP contribution in [0, 0.1) is 5.92 Å². The van der Waals surface area contributed by atoms with Crippen LogP contribution in [-0.2, 0) is 16.0 Å². The topological polar surface area (TPSA) is 113 Å². The number of hydrogen-bond donors (Lipinski definition) is 4. The van der Waals surface area contributed by atoms with Crippen LogP contribution in [0.2, 0.25) is 0 Å². The summed E-state index contributed by atoms with van der Waals surface area (Å²) >= 11 is 0. The Hall–Kier alpha value is -1.92. The fourth-order valence-electron chi connectivity index (χ4n) is 2.53. The molecule has 3 atom stereocenters. The zero-order valence-corrected chi connectivity index (χ0v) is 11.0. The van der Waals surface area contributed by atoms with E-state index in [-0.39, 0.29) is 11.5 Å². The number of nitrogens with two attached hydrogens (primary N) is 1. The predicted molar refractivity (Wildman–Crippen MR) is 72.3 cm³/mol. The summed E-state index contributed by atoms with van der Waals surface area (Å²) in [6.45, 7) is 0.513. The molecule has 0 radical (unpaired) electrons. The van der Waals surface area contributed by atoms with Gasteiger partial charge in [0.05, 0.1) is 6.04 Å². The molecular weight excluding hydrogens is 260 g/mol. The van der Waals surface area contributed by atoms with Crippen LogP contribution in [0.25, 0.3) is 0 Å². The van der Waals surface area contributed by atoms with Crippen LogP contribution in [-0.4, -0.2) is 40.6 Å². The van der Waals surface area contributed by atoms with Gasteiger partial charge in [-0.3, -0.25) is 9.59 Å². The van der Waals surface area contributed by atoms with E-state index in [9.17, 15) is 14.7 Å². The Bertz CT molecular complexity index is 500. The van der Waals surface area contributed by atoms with E-state index in [0.29, 0.717) is 19.4 Å². The Balaban J connectivity index is 2.01. The van der Waals surface area contributed by atoms with E-state index >= 15 is 0 Å². The van der Waals surface area contributed by atoms with Gasteiger partial charge in [0.25, 0.3) is 0 Å². The summed E-state index contributed by atoms with van der Waals surface area (Å²) in [4.78, 5) is 23.3. The van der Waals surface area contributed by atoms with Gasteiger partial charge in [-0.2, -0.15) is 0 Å². The number of phenolic OH excluding ortho intramolecular Hbond substituents is 1. The second-order valence-corrected chi connectivity index (χ2v) is 5.04. The molecule has 0 aromatic heterocycles. The van der Waals surface area contributed by atoms with E-state index in [1.807, 2.05) is 0 Å². The molecule has 0 bridgehead atoms. The highest BCUT2D eigenvalue weighted by molar-refractivity contribution is 5.92. The first-order valence-electron chi connectivity index (χ1n) is 6.52. The molecule has 20 heavy (non-hydrogen) atoms. The summed E-state index contributed by atoms with van der Waals surface area (Å²) in [7, 11) is 0. The number of carbonyl (C=O) groups is 2. The minimum Gasteiger partial charge on any atom is -0.508 e. The third-order valence-corrected chi connectivity index (χ3v) is 3.61. The second kappa shape index (κ2) is 6.02. The molecule has 2 rings (SSSR count). The molecule has 1 aromatic rings. The van der Waals surface area contributed by atoms with E-state index in [1.54, 1.807) is 12.1 Å². The van der Waals surface area contributed by atoms with Crippen molar-refractivity contribution in [2.45, 2.75) is 24.9 Å². The SMILES string of the molecule is N[C@@H](Cc1ccc(O)cc1)C(=O)C1CCN[C@@H]1C(=O)O. The van der Waals surface area contributed by atoms with Crippen LogP contribution >= 0.6 is 0 Å². The zero-order chi connectivity index (χ0) is 14.7. The van der Waals surface area contributed by atoms with Crippen molar-refractivity contribution in [2.24, 2.45) is 11.7 Å².